The third-order valence-corrected chi connectivity index (χ3v) is 4.66. The zero-order valence-corrected chi connectivity index (χ0v) is 13.1. The summed E-state index contributed by atoms with van der Waals surface area (Å²) in [7, 11) is 0. The summed E-state index contributed by atoms with van der Waals surface area (Å²) >= 11 is 1.29. The molecule has 1 fully saturated rings. The number of amides is 1. The first-order valence-corrected chi connectivity index (χ1v) is 8.09. The van der Waals surface area contributed by atoms with Gasteiger partial charge in [0.25, 0.3) is 5.91 Å². The average Bonchev–Trinajstić information content (AvgIpc) is 2.95. The fraction of sp³-hybridized carbons (Fsp3) is 0.438. The summed E-state index contributed by atoms with van der Waals surface area (Å²) in [6.07, 6.45) is 1.19. The maximum Gasteiger partial charge on any atom is 0.275 e. The quantitative estimate of drug-likeness (QED) is 0.855. The second-order valence-electron chi connectivity index (χ2n) is 5.97. The van der Waals surface area contributed by atoms with Crippen molar-refractivity contribution in [3.8, 4) is 10.4 Å². The van der Waals surface area contributed by atoms with E-state index in [1.807, 2.05) is 35.2 Å². The highest BCUT2D eigenvalue weighted by Crippen LogP contribution is 2.28. The number of carbonyl (C=O) groups excluding carboxylic acids is 1. The van der Waals surface area contributed by atoms with Crippen LogP contribution in [0.2, 0.25) is 0 Å². The molecule has 0 aliphatic carbocycles. The predicted octanol–water partition coefficient (Wildman–Crippen LogP) is 3.32. The molecule has 0 N–H and O–H groups in total. The SMILES string of the molecule is C[C@@H]1C[C@H](C)CN(C(=O)c2nnsc2-c2ccccc2)C1. The second-order valence-corrected chi connectivity index (χ2v) is 6.73. The van der Waals surface area contributed by atoms with Crippen LogP contribution in [0.3, 0.4) is 0 Å². The molecule has 1 saturated heterocycles. The predicted molar refractivity (Wildman–Crippen MR) is 84.2 cm³/mol. The summed E-state index contributed by atoms with van der Waals surface area (Å²) in [4.78, 5) is 15.6. The molecule has 1 amide bonds. The lowest BCUT2D eigenvalue weighted by molar-refractivity contribution is 0.0618. The van der Waals surface area contributed by atoms with E-state index in [1.165, 1.54) is 18.0 Å². The number of likely N-dealkylation sites (tertiary alicyclic amines) is 1. The lowest BCUT2D eigenvalue weighted by Gasteiger charge is -2.34. The first-order valence-electron chi connectivity index (χ1n) is 7.32. The van der Waals surface area contributed by atoms with Crippen molar-refractivity contribution in [3.05, 3.63) is 36.0 Å². The molecule has 5 heteroatoms. The minimum atomic E-state index is 0.0148. The van der Waals surface area contributed by atoms with Gasteiger partial charge in [-0.3, -0.25) is 4.79 Å². The van der Waals surface area contributed by atoms with Gasteiger partial charge in [-0.05, 0) is 35.4 Å². The van der Waals surface area contributed by atoms with Gasteiger partial charge in [0.1, 0.15) is 0 Å². The topological polar surface area (TPSA) is 46.1 Å². The monoisotopic (exact) mass is 301 g/mol. The molecule has 3 rings (SSSR count). The van der Waals surface area contributed by atoms with Crippen molar-refractivity contribution < 1.29 is 4.79 Å². The fourth-order valence-corrected chi connectivity index (χ4v) is 3.75. The molecule has 21 heavy (non-hydrogen) atoms. The van der Waals surface area contributed by atoms with Crippen LogP contribution in [0.15, 0.2) is 30.3 Å². The summed E-state index contributed by atoms with van der Waals surface area (Å²) in [5, 5.41) is 4.10. The van der Waals surface area contributed by atoms with Crippen LogP contribution in [0.4, 0.5) is 0 Å². The van der Waals surface area contributed by atoms with Gasteiger partial charge >= 0.3 is 0 Å². The molecule has 0 unspecified atom stereocenters. The minimum absolute atomic E-state index is 0.0148. The van der Waals surface area contributed by atoms with Crippen molar-refractivity contribution in [1.82, 2.24) is 14.5 Å². The molecule has 4 nitrogen and oxygen atoms in total. The van der Waals surface area contributed by atoms with Crippen LogP contribution in [0.25, 0.3) is 10.4 Å². The van der Waals surface area contributed by atoms with Gasteiger partial charge in [0.2, 0.25) is 0 Å². The molecule has 2 atom stereocenters. The van der Waals surface area contributed by atoms with E-state index in [4.69, 9.17) is 0 Å². The van der Waals surface area contributed by atoms with Crippen LogP contribution >= 0.6 is 11.5 Å². The van der Waals surface area contributed by atoms with Crippen LogP contribution in [0, 0.1) is 11.8 Å². The Morgan fingerprint density at radius 2 is 1.86 bits per heavy atom. The number of rotatable bonds is 2. The first-order chi connectivity index (χ1) is 10.1. The normalized spacial score (nSPS) is 22.3. The molecule has 2 heterocycles. The molecule has 0 radical (unpaired) electrons. The average molecular weight is 301 g/mol. The highest BCUT2D eigenvalue weighted by Gasteiger charge is 2.29. The third-order valence-electron chi connectivity index (χ3n) is 3.88. The van der Waals surface area contributed by atoms with Crippen molar-refractivity contribution in [3.63, 3.8) is 0 Å². The number of aromatic nitrogens is 2. The largest absolute Gasteiger partial charge is 0.337 e. The van der Waals surface area contributed by atoms with Gasteiger partial charge in [-0.25, -0.2) is 0 Å². The molecule has 1 aromatic heterocycles. The van der Waals surface area contributed by atoms with Gasteiger partial charge in [0, 0.05) is 13.1 Å². The Balaban J connectivity index is 1.88. The maximum atomic E-state index is 12.8. The van der Waals surface area contributed by atoms with E-state index in [0.29, 0.717) is 17.5 Å². The van der Waals surface area contributed by atoms with Crippen molar-refractivity contribution in [1.29, 1.82) is 0 Å². The van der Waals surface area contributed by atoms with Gasteiger partial charge in [-0.2, -0.15) is 0 Å². The standard InChI is InChI=1S/C16H19N3OS/c1-11-8-12(2)10-19(9-11)16(20)14-15(21-18-17-14)13-6-4-3-5-7-13/h3-7,11-12H,8-10H2,1-2H3/t11-,12+. The first kappa shape index (κ1) is 14.2. The third kappa shape index (κ3) is 2.97. The van der Waals surface area contributed by atoms with Crippen molar-refractivity contribution >= 4 is 17.4 Å². The van der Waals surface area contributed by atoms with Gasteiger partial charge in [0.05, 0.1) is 4.88 Å². The highest BCUT2D eigenvalue weighted by molar-refractivity contribution is 7.09. The summed E-state index contributed by atoms with van der Waals surface area (Å²) in [5.74, 6) is 1.11. The number of carbonyl (C=O) groups is 1. The van der Waals surface area contributed by atoms with E-state index in [-0.39, 0.29) is 5.91 Å². The van der Waals surface area contributed by atoms with Gasteiger partial charge in [0.15, 0.2) is 5.69 Å². The molecular formula is C16H19N3OS. The number of benzene rings is 1. The molecule has 2 aromatic rings. The Morgan fingerprint density at radius 1 is 1.19 bits per heavy atom. The van der Waals surface area contributed by atoms with Crippen LogP contribution < -0.4 is 0 Å². The maximum absolute atomic E-state index is 12.8. The molecule has 0 spiro atoms. The van der Waals surface area contributed by atoms with Crippen LogP contribution in [-0.2, 0) is 0 Å². The zero-order valence-electron chi connectivity index (χ0n) is 12.3. The Labute approximate surface area is 129 Å². The zero-order chi connectivity index (χ0) is 14.8. The number of hydrogen-bond acceptors (Lipinski definition) is 4. The van der Waals surface area contributed by atoms with E-state index < -0.39 is 0 Å². The molecule has 110 valence electrons. The van der Waals surface area contributed by atoms with Crippen LogP contribution in [0.5, 0.6) is 0 Å². The molecule has 0 saturated carbocycles. The number of piperidine rings is 1. The van der Waals surface area contributed by atoms with Crippen molar-refractivity contribution in [2.45, 2.75) is 20.3 Å². The lowest BCUT2D eigenvalue weighted by Crippen LogP contribution is -2.42. The van der Waals surface area contributed by atoms with E-state index in [1.54, 1.807) is 0 Å². The van der Waals surface area contributed by atoms with E-state index in [0.717, 1.165) is 23.5 Å². The summed E-state index contributed by atoms with van der Waals surface area (Å²) in [6, 6.07) is 9.89. The second kappa shape index (κ2) is 5.93. The fourth-order valence-electron chi connectivity index (χ4n) is 3.09. The minimum Gasteiger partial charge on any atom is -0.337 e. The van der Waals surface area contributed by atoms with Crippen molar-refractivity contribution in [2.24, 2.45) is 11.8 Å². The molecule has 0 bridgehead atoms. The molecular weight excluding hydrogens is 282 g/mol. The number of nitrogens with zero attached hydrogens (tertiary/aromatic N) is 3. The van der Waals surface area contributed by atoms with Gasteiger partial charge in [-0.1, -0.05) is 48.7 Å². The van der Waals surface area contributed by atoms with E-state index in [2.05, 4.69) is 23.4 Å². The van der Waals surface area contributed by atoms with Crippen molar-refractivity contribution in [2.75, 3.05) is 13.1 Å². The Kier molecular flexibility index (Phi) is 4.01. The summed E-state index contributed by atoms with van der Waals surface area (Å²) in [5.41, 5.74) is 1.50. The molecule has 1 aliphatic heterocycles. The Hall–Kier alpha value is -1.75. The van der Waals surface area contributed by atoms with E-state index >= 15 is 0 Å². The Bertz CT molecular complexity index is 615. The Morgan fingerprint density at radius 3 is 2.52 bits per heavy atom. The number of hydrogen-bond donors (Lipinski definition) is 0. The molecule has 1 aromatic carbocycles. The van der Waals surface area contributed by atoms with Crippen LogP contribution in [-0.4, -0.2) is 33.5 Å². The summed E-state index contributed by atoms with van der Waals surface area (Å²) in [6.45, 7) is 6.03. The molecule has 1 aliphatic rings. The highest BCUT2D eigenvalue weighted by atomic mass is 32.1. The van der Waals surface area contributed by atoms with E-state index in [9.17, 15) is 4.79 Å². The van der Waals surface area contributed by atoms with Gasteiger partial charge < -0.3 is 4.90 Å². The summed E-state index contributed by atoms with van der Waals surface area (Å²) < 4.78 is 4.00. The smallest absolute Gasteiger partial charge is 0.275 e. The van der Waals surface area contributed by atoms with Gasteiger partial charge in [-0.15, -0.1) is 5.10 Å². The lowest BCUT2D eigenvalue weighted by atomic mass is 9.91. The van der Waals surface area contributed by atoms with Crippen LogP contribution in [0.1, 0.15) is 30.8 Å².